The summed E-state index contributed by atoms with van der Waals surface area (Å²) in [5, 5.41) is 3.53. The van der Waals surface area contributed by atoms with Gasteiger partial charge in [-0.15, -0.1) is 0 Å². The van der Waals surface area contributed by atoms with Gasteiger partial charge in [0.25, 0.3) is 5.19 Å². The van der Waals surface area contributed by atoms with Crippen molar-refractivity contribution in [2.24, 2.45) is 0 Å². The van der Waals surface area contributed by atoms with Gasteiger partial charge in [0.1, 0.15) is 17.6 Å². The standard InChI is InChI=1S/C18H14NO2S/c1-2-4-13(5-3-1)16-8-6-14-12-15(7-9-17(14)21-16)20-18-19-10-11-22-18/h1-5,7,9-10,12,16H,6,8H2. The van der Waals surface area contributed by atoms with Gasteiger partial charge in [-0.1, -0.05) is 41.7 Å². The summed E-state index contributed by atoms with van der Waals surface area (Å²) in [7, 11) is 0. The van der Waals surface area contributed by atoms with Crippen LogP contribution in [0.3, 0.4) is 0 Å². The highest BCUT2D eigenvalue weighted by Gasteiger charge is 2.21. The molecule has 1 aromatic heterocycles. The van der Waals surface area contributed by atoms with E-state index in [9.17, 15) is 0 Å². The van der Waals surface area contributed by atoms with E-state index < -0.39 is 0 Å². The van der Waals surface area contributed by atoms with Crippen LogP contribution in [0.1, 0.15) is 23.7 Å². The number of hydrogen-bond acceptors (Lipinski definition) is 4. The number of benzene rings is 2. The van der Waals surface area contributed by atoms with E-state index in [1.807, 2.05) is 24.3 Å². The van der Waals surface area contributed by atoms with E-state index in [4.69, 9.17) is 9.47 Å². The lowest BCUT2D eigenvalue weighted by Crippen LogP contribution is -2.15. The summed E-state index contributed by atoms with van der Waals surface area (Å²) in [6.45, 7) is 0. The number of thiazole rings is 1. The van der Waals surface area contributed by atoms with E-state index in [0.717, 1.165) is 24.3 Å². The maximum atomic E-state index is 6.13. The lowest BCUT2D eigenvalue weighted by Gasteiger charge is -2.26. The maximum Gasteiger partial charge on any atom is 0.279 e. The molecule has 2 heterocycles. The molecule has 4 heteroatoms. The van der Waals surface area contributed by atoms with Crippen molar-refractivity contribution in [2.45, 2.75) is 18.9 Å². The van der Waals surface area contributed by atoms with Crippen LogP contribution < -0.4 is 9.47 Å². The van der Waals surface area contributed by atoms with Gasteiger partial charge < -0.3 is 9.47 Å². The summed E-state index contributed by atoms with van der Waals surface area (Å²) >= 11 is 1.36. The van der Waals surface area contributed by atoms with Gasteiger partial charge >= 0.3 is 0 Å². The van der Waals surface area contributed by atoms with E-state index in [2.05, 4.69) is 34.6 Å². The van der Waals surface area contributed by atoms with Crippen LogP contribution in [0, 0.1) is 5.38 Å². The predicted octanol–water partition coefficient (Wildman–Crippen LogP) is 4.80. The van der Waals surface area contributed by atoms with Gasteiger partial charge in [0.05, 0.1) is 11.6 Å². The van der Waals surface area contributed by atoms with Gasteiger partial charge in [0, 0.05) is 0 Å². The van der Waals surface area contributed by atoms with Gasteiger partial charge in [0.15, 0.2) is 0 Å². The van der Waals surface area contributed by atoms with Crippen LogP contribution in [0.2, 0.25) is 0 Å². The smallest absolute Gasteiger partial charge is 0.279 e. The zero-order chi connectivity index (χ0) is 14.8. The Labute approximate surface area is 133 Å². The molecule has 1 unspecified atom stereocenters. The normalized spacial score (nSPS) is 16.6. The molecular formula is C18H14NO2S. The highest BCUT2D eigenvalue weighted by atomic mass is 32.1. The second-order valence-corrected chi connectivity index (χ2v) is 5.96. The first-order valence-corrected chi connectivity index (χ1v) is 8.04. The molecule has 0 spiro atoms. The van der Waals surface area contributed by atoms with Crippen LogP contribution in [0.4, 0.5) is 0 Å². The van der Waals surface area contributed by atoms with Gasteiger partial charge in [0.2, 0.25) is 0 Å². The minimum absolute atomic E-state index is 0.133. The fourth-order valence-corrected chi connectivity index (χ4v) is 3.11. The lowest BCUT2D eigenvalue weighted by molar-refractivity contribution is 0.176. The molecule has 0 N–H and O–H groups in total. The molecule has 22 heavy (non-hydrogen) atoms. The monoisotopic (exact) mass is 308 g/mol. The Morgan fingerprint density at radius 1 is 1.18 bits per heavy atom. The molecule has 0 bridgehead atoms. The van der Waals surface area contributed by atoms with Crippen molar-refractivity contribution in [1.29, 1.82) is 0 Å². The minimum Gasteiger partial charge on any atom is -0.485 e. The van der Waals surface area contributed by atoms with Crippen LogP contribution in [-0.4, -0.2) is 4.98 Å². The Morgan fingerprint density at radius 2 is 2.09 bits per heavy atom. The van der Waals surface area contributed by atoms with Crippen LogP contribution in [0.25, 0.3) is 0 Å². The summed E-state index contributed by atoms with van der Waals surface area (Å²) in [4.78, 5) is 4.08. The van der Waals surface area contributed by atoms with Crippen LogP contribution in [0.5, 0.6) is 16.7 Å². The summed E-state index contributed by atoms with van der Waals surface area (Å²) in [6, 6.07) is 16.3. The number of hydrogen-bond donors (Lipinski definition) is 0. The second kappa shape index (κ2) is 5.81. The van der Waals surface area contributed by atoms with Gasteiger partial charge in [-0.2, -0.15) is 0 Å². The number of aryl methyl sites for hydroxylation is 1. The molecular weight excluding hydrogens is 294 g/mol. The highest BCUT2D eigenvalue weighted by Crippen LogP contribution is 2.37. The molecule has 1 aliphatic rings. The predicted molar refractivity (Wildman–Crippen MR) is 85.6 cm³/mol. The van der Waals surface area contributed by atoms with Crippen molar-refractivity contribution in [3.05, 3.63) is 71.2 Å². The SMILES string of the molecule is [c]1cnc(Oc2ccc3c(c2)CCC(c2ccccc2)O3)s1. The summed E-state index contributed by atoms with van der Waals surface area (Å²) in [5.41, 5.74) is 2.41. The molecule has 1 radical (unpaired) electrons. The van der Waals surface area contributed by atoms with Crippen LogP contribution in [0.15, 0.2) is 54.7 Å². The van der Waals surface area contributed by atoms with Crippen molar-refractivity contribution in [3.8, 4) is 16.7 Å². The van der Waals surface area contributed by atoms with E-state index in [-0.39, 0.29) is 6.10 Å². The van der Waals surface area contributed by atoms with Crippen molar-refractivity contribution >= 4 is 11.3 Å². The Bertz CT molecular complexity index is 756. The molecule has 3 aromatic rings. The fourth-order valence-electron chi connectivity index (χ4n) is 2.66. The summed E-state index contributed by atoms with van der Waals surface area (Å²) in [6.07, 6.45) is 3.71. The van der Waals surface area contributed by atoms with Crippen molar-refractivity contribution in [1.82, 2.24) is 4.98 Å². The van der Waals surface area contributed by atoms with E-state index in [1.165, 1.54) is 22.5 Å². The first kappa shape index (κ1) is 13.3. The van der Waals surface area contributed by atoms with Crippen LogP contribution in [-0.2, 0) is 6.42 Å². The number of rotatable bonds is 3. The second-order valence-electron chi connectivity index (χ2n) is 5.17. The first-order chi connectivity index (χ1) is 10.9. The number of ether oxygens (including phenoxy) is 2. The Morgan fingerprint density at radius 3 is 2.91 bits per heavy atom. The number of nitrogens with zero attached hydrogens (tertiary/aromatic N) is 1. The molecule has 2 aromatic carbocycles. The van der Waals surface area contributed by atoms with Crippen molar-refractivity contribution < 1.29 is 9.47 Å². The van der Waals surface area contributed by atoms with Gasteiger partial charge in [-0.05, 0) is 42.2 Å². The number of aromatic nitrogens is 1. The fraction of sp³-hybridized carbons (Fsp3) is 0.167. The van der Waals surface area contributed by atoms with Crippen LogP contribution >= 0.6 is 11.3 Å². The third kappa shape index (κ3) is 2.70. The summed E-state index contributed by atoms with van der Waals surface area (Å²) in [5.74, 6) is 1.74. The van der Waals surface area contributed by atoms with Gasteiger partial charge in [-0.25, -0.2) is 4.98 Å². The average molecular weight is 308 g/mol. The zero-order valence-electron chi connectivity index (χ0n) is 11.9. The third-order valence-electron chi connectivity index (χ3n) is 3.72. The zero-order valence-corrected chi connectivity index (χ0v) is 12.7. The molecule has 3 nitrogen and oxygen atoms in total. The van der Waals surface area contributed by atoms with E-state index in [1.54, 1.807) is 6.20 Å². The highest BCUT2D eigenvalue weighted by molar-refractivity contribution is 7.10. The minimum atomic E-state index is 0.133. The average Bonchev–Trinajstić information content (AvgIpc) is 3.08. The largest absolute Gasteiger partial charge is 0.485 e. The van der Waals surface area contributed by atoms with E-state index in [0.29, 0.717) is 5.19 Å². The summed E-state index contributed by atoms with van der Waals surface area (Å²) < 4.78 is 11.8. The van der Waals surface area contributed by atoms with E-state index >= 15 is 0 Å². The topological polar surface area (TPSA) is 31.4 Å². The Balaban J connectivity index is 1.54. The van der Waals surface area contributed by atoms with Gasteiger partial charge in [-0.3, -0.25) is 0 Å². The molecule has 1 atom stereocenters. The first-order valence-electron chi connectivity index (χ1n) is 7.23. The molecule has 109 valence electrons. The molecule has 1 aliphatic heterocycles. The molecule has 4 rings (SSSR count). The maximum absolute atomic E-state index is 6.13. The molecule has 0 fully saturated rings. The Hall–Kier alpha value is -2.33. The quantitative estimate of drug-likeness (QED) is 0.696. The lowest BCUT2D eigenvalue weighted by atomic mass is 9.97. The van der Waals surface area contributed by atoms with Crippen molar-refractivity contribution in [3.63, 3.8) is 0 Å². The van der Waals surface area contributed by atoms with Crippen molar-refractivity contribution in [2.75, 3.05) is 0 Å². The molecule has 0 saturated carbocycles. The molecule has 0 aliphatic carbocycles. The third-order valence-corrected chi connectivity index (χ3v) is 4.31. The molecule has 0 amide bonds. The molecule has 0 saturated heterocycles. The number of fused-ring (bicyclic) bond motifs is 1. The Kier molecular flexibility index (Phi) is 3.52.